The molecule has 0 spiro atoms. The van der Waals surface area contributed by atoms with E-state index < -0.39 is 11.9 Å². The lowest BCUT2D eigenvalue weighted by Crippen LogP contribution is -2.33. The third-order valence-electron chi connectivity index (χ3n) is 4.38. The third-order valence-corrected chi connectivity index (χ3v) is 4.75. The first-order chi connectivity index (χ1) is 12.3. The van der Waals surface area contributed by atoms with Crippen LogP contribution in [0.5, 0.6) is 0 Å². The summed E-state index contributed by atoms with van der Waals surface area (Å²) in [6, 6.07) is 7.50. The van der Waals surface area contributed by atoms with Gasteiger partial charge >= 0.3 is 5.97 Å². The van der Waals surface area contributed by atoms with E-state index in [4.69, 9.17) is 11.6 Å². The molecule has 0 aliphatic rings. The highest BCUT2D eigenvalue weighted by molar-refractivity contribution is 6.31. The zero-order valence-corrected chi connectivity index (χ0v) is 16.0. The van der Waals surface area contributed by atoms with Crippen molar-refractivity contribution < 1.29 is 14.7 Å². The number of carboxylic acid groups (broad SMARTS) is 1. The molecule has 140 valence electrons. The Kier molecular flexibility index (Phi) is 6.80. The number of amides is 1. The molecule has 1 amide bonds. The van der Waals surface area contributed by atoms with Crippen molar-refractivity contribution in [1.29, 1.82) is 0 Å². The number of aryl methyl sites for hydroxylation is 1. The van der Waals surface area contributed by atoms with E-state index in [0.29, 0.717) is 29.2 Å². The maximum Gasteiger partial charge on any atom is 0.308 e. The first-order valence-corrected chi connectivity index (χ1v) is 9.01. The minimum absolute atomic E-state index is 0.108. The van der Waals surface area contributed by atoms with Crippen LogP contribution in [0.3, 0.4) is 0 Å². The van der Waals surface area contributed by atoms with Crippen molar-refractivity contribution in [2.45, 2.75) is 40.2 Å². The molecule has 1 heterocycles. The predicted octanol–water partition coefficient (Wildman–Crippen LogP) is 3.43. The number of halogens is 1. The van der Waals surface area contributed by atoms with Gasteiger partial charge in [-0.2, -0.15) is 5.10 Å². The molecular formula is C19H24ClN3O3. The van der Waals surface area contributed by atoms with Gasteiger partial charge in [0.15, 0.2) is 0 Å². The number of rotatable bonds is 8. The second-order valence-electron chi connectivity index (χ2n) is 6.33. The number of aromatic nitrogens is 2. The molecule has 0 saturated heterocycles. The topological polar surface area (TPSA) is 84.2 Å². The number of aliphatic carboxylic acids is 1. The Morgan fingerprint density at radius 2 is 2.00 bits per heavy atom. The molecule has 0 aliphatic carbocycles. The van der Waals surface area contributed by atoms with Crippen LogP contribution >= 0.6 is 11.6 Å². The molecule has 0 bridgehead atoms. The number of hydrogen-bond donors (Lipinski definition) is 2. The standard InChI is InChI=1S/C19H24ClN3O3/c1-4-7-14(19(25)26)10-21-18(24)17-12(2)22-23(13(17)3)11-15-8-5-6-9-16(15)20/h5-6,8-9,14H,4,7,10-11H2,1-3H3,(H,21,24)(H,25,26). The summed E-state index contributed by atoms with van der Waals surface area (Å²) in [5.41, 5.74) is 2.73. The van der Waals surface area contributed by atoms with Crippen LogP contribution in [0.1, 0.15) is 47.1 Å². The van der Waals surface area contributed by atoms with Crippen LogP contribution in [0.4, 0.5) is 0 Å². The number of hydrogen-bond acceptors (Lipinski definition) is 3. The van der Waals surface area contributed by atoms with Gasteiger partial charge in [-0.25, -0.2) is 0 Å². The maximum absolute atomic E-state index is 12.6. The van der Waals surface area contributed by atoms with Crippen molar-refractivity contribution in [1.82, 2.24) is 15.1 Å². The fourth-order valence-corrected chi connectivity index (χ4v) is 3.13. The summed E-state index contributed by atoms with van der Waals surface area (Å²) in [5, 5.41) is 17.0. The van der Waals surface area contributed by atoms with Crippen LogP contribution in [-0.2, 0) is 11.3 Å². The predicted molar refractivity (Wildman–Crippen MR) is 101 cm³/mol. The lowest BCUT2D eigenvalue weighted by atomic mass is 10.0. The zero-order chi connectivity index (χ0) is 19.3. The SMILES string of the molecule is CCCC(CNC(=O)c1c(C)nn(Cc2ccccc2Cl)c1C)C(=O)O. The smallest absolute Gasteiger partial charge is 0.308 e. The summed E-state index contributed by atoms with van der Waals surface area (Å²) in [7, 11) is 0. The van der Waals surface area contributed by atoms with E-state index in [1.165, 1.54) is 0 Å². The summed E-state index contributed by atoms with van der Waals surface area (Å²) in [5.74, 6) is -1.77. The molecule has 0 aliphatic heterocycles. The lowest BCUT2D eigenvalue weighted by Gasteiger charge is -2.12. The van der Waals surface area contributed by atoms with Crippen LogP contribution in [0, 0.1) is 19.8 Å². The van der Waals surface area contributed by atoms with Crippen molar-refractivity contribution in [3.8, 4) is 0 Å². The first-order valence-electron chi connectivity index (χ1n) is 8.63. The summed E-state index contributed by atoms with van der Waals surface area (Å²) in [6.45, 7) is 6.09. The van der Waals surface area contributed by atoms with Gasteiger partial charge in [0.2, 0.25) is 0 Å². The fraction of sp³-hybridized carbons (Fsp3) is 0.421. The van der Waals surface area contributed by atoms with E-state index >= 15 is 0 Å². The third kappa shape index (κ3) is 4.64. The van der Waals surface area contributed by atoms with Gasteiger partial charge < -0.3 is 10.4 Å². The average molecular weight is 378 g/mol. The fourth-order valence-electron chi connectivity index (χ4n) is 2.93. The minimum Gasteiger partial charge on any atom is -0.481 e. The number of carbonyl (C=O) groups excluding carboxylic acids is 1. The second-order valence-corrected chi connectivity index (χ2v) is 6.74. The van der Waals surface area contributed by atoms with Crippen molar-refractivity contribution in [2.75, 3.05) is 6.54 Å². The summed E-state index contributed by atoms with van der Waals surface area (Å²) in [6.07, 6.45) is 1.28. The molecule has 1 aromatic heterocycles. The lowest BCUT2D eigenvalue weighted by molar-refractivity contribution is -0.141. The quantitative estimate of drug-likeness (QED) is 0.738. The van der Waals surface area contributed by atoms with Crippen molar-refractivity contribution >= 4 is 23.5 Å². The Labute approximate surface area is 158 Å². The number of carboxylic acids is 1. The van der Waals surface area contributed by atoms with E-state index in [-0.39, 0.29) is 12.5 Å². The van der Waals surface area contributed by atoms with Crippen molar-refractivity contribution in [3.05, 3.63) is 51.8 Å². The monoisotopic (exact) mass is 377 g/mol. The zero-order valence-electron chi connectivity index (χ0n) is 15.3. The molecular weight excluding hydrogens is 354 g/mol. The second kappa shape index (κ2) is 8.85. The summed E-state index contributed by atoms with van der Waals surface area (Å²) < 4.78 is 1.74. The molecule has 7 heteroatoms. The van der Waals surface area contributed by atoms with E-state index in [2.05, 4.69) is 10.4 Å². The van der Waals surface area contributed by atoms with E-state index in [9.17, 15) is 14.7 Å². The Hall–Kier alpha value is -2.34. The van der Waals surface area contributed by atoms with Crippen LogP contribution in [0.25, 0.3) is 0 Å². The molecule has 26 heavy (non-hydrogen) atoms. The van der Waals surface area contributed by atoms with Gasteiger partial charge in [-0.1, -0.05) is 43.1 Å². The molecule has 2 aromatic rings. The highest BCUT2D eigenvalue weighted by atomic mass is 35.5. The molecule has 1 aromatic carbocycles. The Balaban J connectivity index is 2.15. The molecule has 0 saturated carbocycles. The highest BCUT2D eigenvalue weighted by Crippen LogP contribution is 2.19. The number of carbonyl (C=O) groups is 2. The maximum atomic E-state index is 12.6. The van der Waals surface area contributed by atoms with Gasteiger partial charge in [-0.3, -0.25) is 14.3 Å². The molecule has 0 radical (unpaired) electrons. The molecule has 2 N–H and O–H groups in total. The molecule has 1 atom stereocenters. The van der Waals surface area contributed by atoms with Crippen molar-refractivity contribution in [2.24, 2.45) is 5.92 Å². The Morgan fingerprint density at radius 3 is 2.62 bits per heavy atom. The largest absolute Gasteiger partial charge is 0.481 e. The van der Waals surface area contributed by atoms with E-state index in [0.717, 1.165) is 17.7 Å². The Morgan fingerprint density at radius 1 is 1.31 bits per heavy atom. The average Bonchev–Trinajstić information content (AvgIpc) is 2.87. The molecule has 1 unspecified atom stereocenters. The van der Waals surface area contributed by atoms with Gasteiger partial charge in [0.25, 0.3) is 5.91 Å². The van der Waals surface area contributed by atoms with Gasteiger partial charge in [0, 0.05) is 17.3 Å². The number of nitrogens with zero attached hydrogens (tertiary/aromatic N) is 2. The normalized spacial score (nSPS) is 12.0. The number of nitrogens with one attached hydrogen (secondary N) is 1. The van der Waals surface area contributed by atoms with Gasteiger partial charge in [-0.15, -0.1) is 0 Å². The van der Waals surface area contributed by atoms with Crippen LogP contribution in [-0.4, -0.2) is 33.3 Å². The molecule has 0 fully saturated rings. The van der Waals surface area contributed by atoms with Crippen LogP contribution < -0.4 is 5.32 Å². The van der Waals surface area contributed by atoms with Crippen LogP contribution in [0.2, 0.25) is 5.02 Å². The van der Waals surface area contributed by atoms with Gasteiger partial charge in [-0.05, 0) is 31.9 Å². The number of benzene rings is 1. The van der Waals surface area contributed by atoms with E-state index in [1.54, 1.807) is 11.6 Å². The molecule has 2 rings (SSSR count). The Bertz CT molecular complexity index is 801. The minimum atomic E-state index is -0.894. The van der Waals surface area contributed by atoms with Crippen molar-refractivity contribution in [3.63, 3.8) is 0 Å². The highest BCUT2D eigenvalue weighted by Gasteiger charge is 2.22. The van der Waals surface area contributed by atoms with Gasteiger partial charge in [0.05, 0.1) is 23.7 Å². The molecule has 6 nitrogen and oxygen atoms in total. The van der Waals surface area contributed by atoms with Crippen LogP contribution in [0.15, 0.2) is 24.3 Å². The van der Waals surface area contributed by atoms with E-state index in [1.807, 2.05) is 38.1 Å². The first kappa shape index (κ1) is 20.0. The van der Waals surface area contributed by atoms with Gasteiger partial charge in [0.1, 0.15) is 0 Å². The summed E-state index contributed by atoms with van der Waals surface area (Å²) >= 11 is 6.20. The summed E-state index contributed by atoms with van der Waals surface area (Å²) in [4.78, 5) is 23.8.